The van der Waals surface area contributed by atoms with Gasteiger partial charge in [0.1, 0.15) is 0 Å². The maximum Gasteiger partial charge on any atom is 0.0482 e. The fourth-order valence-corrected chi connectivity index (χ4v) is 4.41. The molecule has 0 fully saturated rings. The minimum Gasteiger partial charge on any atom is -0.355 e. The zero-order chi connectivity index (χ0) is 25.9. The highest BCUT2D eigenvalue weighted by molar-refractivity contribution is 5.79. The Morgan fingerprint density at radius 2 is 1.06 bits per heavy atom. The van der Waals surface area contributed by atoms with Crippen LogP contribution in [0, 0.1) is 0 Å². The first-order valence-corrected chi connectivity index (χ1v) is 13.1. The maximum atomic E-state index is 3.60. The van der Waals surface area contributed by atoms with Crippen LogP contribution < -0.4 is 10.2 Å². The molecule has 0 aromatic heterocycles. The van der Waals surface area contributed by atoms with E-state index in [1.807, 2.05) is 0 Å². The number of hydrogen-bond donors (Lipinski definition) is 1. The second-order valence-corrected chi connectivity index (χ2v) is 11.3. The summed E-state index contributed by atoms with van der Waals surface area (Å²) in [5, 5.41) is 3.60. The molecule has 0 aliphatic rings. The van der Waals surface area contributed by atoms with Crippen LogP contribution in [0.3, 0.4) is 0 Å². The van der Waals surface area contributed by atoms with Crippen LogP contribution >= 0.6 is 0 Å². The molecule has 0 aliphatic carbocycles. The van der Waals surface area contributed by atoms with Crippen LogP contribution in [0.2, 0.25) is 0 Å². The Labute approximate surface area is 218 Å². The molecular formula is C34H40N2. The lowest BCUT2D eigenvalue weighted by Gasteiger charge is -2.27. The van der Waals surface area contributed by atoms with Crippen molar-refractivity contribution >= 4 is 28.4 Å². The van der Waals surface area contributed by atoms with Crippen molar-refractivity contribution in [3.63, 3.8) is 0 Å². The number of anilines is 5. The predicted molar refractivity (Wildman–Crippen MR) is 158 cm³/mol. The highest BCUT2D eigenvalue weighted by Gasteiger charge is 2.15. The Balaban J connectivity index is 1.69. The summed E-state index contributed by atoms with van der Waals surface area (Å²) >= 11 is 0. The van der Waals surface area contributed by atoms with Crippen molar-refractivity contribution in [2.45, 2.75) is 65.7 Å². The third kappa shape index (κ3) is 5.99. The summed E-state index contributed by atoms with van der Waals surface area (Å²) in [5.41, 5.74) is 9.78. The van der Waals surface area contributed by atoms with E-state index in [2.05, 4.69) is 156 Å². The molecule has 4 rings (SSSR count). The summed E-state index contributed by atoms with van der Waals surface area (Å²) in [6.07, 6.45) is 0. The molecule has 36 heavy (non-hydrogen) atoms. The molecule has 4 aromatic rings. The van der Waals surface area contributed by atoms with E-state index in [0.29, 0.717) is 11.8 Å². The Morgan fingerprint density at radius 1 is 0.556 bits per heavy atom. The van der Waals surface area contributed by atoms with Gasteiger partial charge in [0.25, 0.3) is 0 Å². The summed E-state index contributed by atoms with van der Waals surface area (Å²) < 4.78 is 0. The molecule has 0 atom stereocenters. The van der Waals surface area contributed by atoms with Crippen LogP contribution in [0.4, 0.5) is 28.4 Å². The largest absolute Gasteiger partial charge is 0.355 e. The van der Waals surface area contributed by atoms with Gasteiger partial charge in [-0.3, -0.25) is 0 Å². The van der Waals surface area contributed by atoms with E-state index in [-0.39, 0.29) is 5.41 Å². The quantitative estimate of drug-likeness (QED) is 0.285. The zero-order valence-electron chi connectivity index (χ0n) is 22.8. The lowest BCUT2D eigenvalue weighted by Crippen LogP contribution is -2.11. The average molecular weight is 477 g/mol. The van der Waals surface area contributed by atoms with Crippen LogP contribution in [-0.4, -0.2) is 0 Å². The first kappa shape index (κ1) is 25.6. The standard InChI is InChI=1S/C34H40N2/c1-24(2)26-11-19-31(20-12-26)36(32-21-13-27(14-22-32)25(3)4)33-10-8-9-30(23-33)35-29-17-15-28(16-18-29)34(5,6)7/h8-25,35H,1-7H3. The molecule has 0 amide bonds. The van der Waals surface area contributed by atoms with Crippen molar-refractivity contribution in [2.24, 2.45) is 0 Å². The molecule has 1 N–H and O–H groups in total. The Bertz CT molecular complexity index is 1210. The van der Waals surface area contributed by atoms with Gasteiger partial charge >= 0.3 is 0 Å². The molecule has 0 bridgehead atoms. The molecule has 0 heterocycles. The predicted octanol–water partition coefficient (Wildman–Crippen LogP) is 10.4. The summed E-state index contributed by atoms with van der Waals surface area (Å²) in [6.45, 7) is 15.7. The SMILES string of the molecule is CC(C)c1ccc(N(c2ccc(C(C)C)cc2)c2cccc(Nc3ccc(C(C)(C)C)cc3)c2)cc1. The molecule has 0 saturated carbocycles. The van der Waals surface area contributed by atoms with Gasteiger partial charge in [-0.15, -0.1) is 0 Å². The van der Waals surface area contributed by atoms with Crippen molar-refractivity contribution in [1.82, 2.24) is 0 Å². The van der Waals surface area contributed by atoms with Gasteiger partial charge in [0.2, 0.25) is 0 Å². The third-order valence-corrected chi connectivity index (χ3v) is 6.78. The summed E-state index contributed by atoms with van der Waals surface area (Å²) in [4.78, 5) is 2.34. The second kappa shape index (κ2) is 10.6. The Morgan fingerprint density at radius 3 is 1.50 bits per heavy atom. The van der Waals surface area contributed by atoms with Crippen LogP contribution in [0.5, 0.6) is 0 Å². The number of nitrogens with zero attached hydrogens (tertiary/aromatic N) is 1. The van der Waals surface area contributed by atoms with Crippen LogP contribution in [0.1, 0.15) is 77.0 Å². The van der Waals surface area contributed by atoms with E-state index in [4.69, 9.17) is 0 Å². The van der Waals surface area contributed by atoms with Crippen molar-refractivity contribution in [3.8, 4) is 0 Å². The number of nitrogens with one attached hydrogen (secondary N) is 1. The van der Waals surface area contributed by atoms with E-state index < -0.39 is 0 Å². The molecular weight excluding hydrogens is 436 g/mol. The highest BCUT2D eigenvalue weighted by atomic mass is 15.1. The van der Waals surface area contributed by atoms with Crippen molar-refractivity contribution in [1.29, 1.82) is 0 Å². The van der Waals surface area contributed by atoms with Gasteiger partial charge < -0.3 is 10.2 Å². The van der Waals surface area contributed by atoms with Gasteiger partial charge in [-0.1, -0.05) is 90.9 Å². The first-order valence-electron chi connectivity index (χ1n) is 13.1. The van der Waals surface area contributed by atoms with E-state index in [1.54, 1.807) is 0 Å². The zero-order valence-corrected chi connectivity index (χ0v) is 22.8. The highest BCUT2D eigenvalue weighted by Crippen LogP contribution is 2.37. The van der Waals surface area contributed by atoms with E-state index in [1.165, 1.54) is 16.7 Å². The average Bonchev–Trinajstić information content (AvgIpc) is 2.85. The molecule has 186 valence electrons. The van der Waals surface area contributed by atoms with Crippen molar-refractivity contribution in [2.75, 3.05) is 10.2 Å². The van der Waals surface area contributed by atoms with E-state index in [9.17, 15) is 0 Å². The van der Waals surface area contributed by atoms with Gasteiger partial charge in [0.05, 0.1) is 0 Å². The number of hydrogen-bond acceptors (Lipinski definition) is 2. The fraction of sp³-hybridized carbons (Fsp3) is 0.294. The minimum atomic E-state index is 0.148. The molecule has 4 aromatic carbocycles. The molecule has 0 saturated heterocycles. The number of benzene rings is 4. The van der Waals surface area contributed by atoms with Crippen molar-refractivity contribution in [3.05, 3.63) is 114 Å². The fourth-order valence-electron chi connectivity index (χ4n) is 4.41. The molecule has 0 radical (unpaired) electrons. The summed E-state index contributed by atoms with van der Waals surface area (Å²) in [5.74, 6) is 1.02. The van der Waals surface area contributed by atoms with Crippen LogP contribution in [-0.2, 0) is 5.41 Å². The van der Waals surface area contributed by atoms with Gasteiger partial charge in [-0.2, -0.15) is 0 Å². The normalized spacial score (nSPS) is 11.7. The third-order valence-electron chi connectivity index (χ3n) is 6.78. The first-order chi connectivity index (χ1) is 17.1. The second-order valence-electron chi connectivity index (χ2n) is 11.3. The van der Waals surface area contributed by atoms with Gasteiger partial charge in [0.15, 0.2) is 0 Å². The van der Waals surface area contributed by atoms with E-state index >= 15 is 0 Å². The van der Waals surface area contributed by atoms with E-state index in [0.717, 1.165) is 28.4 Å². The maximum absolute atomic E-state index is 3.60. The lowest BCUT2D eigenvalue weighted by atomic mass is 9.87. The molecule has 0 spiro atoms. The monoisotopic (exact) mass is 476 g/mol. The molecule has 0 aliphatic heterocycles. The lowest BCUT2D eigenvalue weighted by molar-refractivity contribution is 0.590. The topological polar surface area (TPSA) is 15.3 Å². The number of rotatable bonds is 7. The minimum absolute atomic E-state index is 0.148. The summed E-state index contributed by atoms with van der Waals surface area (Å²) in [6, 6.07) is 35.3. The van der Waals surface area contributed by atoms with Crippen LogP contribution in [0.15, 0.2) is 97.1 Å². The molecule has 2 nitrogen and oxygen atoms in total. The summed E-state index contributed by atoms with van der Waals surface area (Å²) in [7, 11) is 0. The molecule has 2 heteroatoms. The molecule has 0 unspecified atom stereocenters. The van der Waals surface area contributed by atoms with Crippen molar-refractivity contribution < 1.29 is 0 Å². The van der Waals surface area contributed by atoms with Crippen LogP contribution in [0.25, 0.3) is 0 Å². The Kier molecular flexibility index (Phi) is 7.54. The van der Waals surface area contributed by atoms with Gasteiger partial charge in [-0.05, 0) is 88.5 Å². The smallest absolute Gasteiger partial charge is 0.0482 e. The Hall–Kier alpha value is -3.52. The van der Waals surface area contributed by atoms with Gasteiger partial charge in [0, 0.05) is 28.4 Å². The van der Waals surface area contributed by atoms with Gasteiger partial charge in [-0.25, -0.2) is 0 Å².